The molecule has 0 saturated carbocycles. The van der Waals surface area contributed by atoms with E-state index in [1.165, 1.54) is 0 Å². The third-order valence-corrected chi connectivity index (χ3v) is 4.34. The fourth-order valence-electron chi connectivity index (χ4n) is 2.95. The minimum atomic E-state index is -0.891. The first-order valence-electron chi connectivity index (χ1n) is 9.26. The van der Waals surface area contributed by atoms with Crippen LogP contribution in [0.2, 0.25) is 0 Å². The van der Waals surface area contributed by atoms with Crippen LogP contribution >= 0.6 is 0 Å². The number of benzene rings is 2. The molecule has 2 rings (SSSR count). The predicted octanol–water partition coefficient (Wildman–Crippen LogP) is 4.96. The lowest BCUT2D eigenvalue weighted by Gasteiger charge is -2.23. The molecular formula is C23H28O4. The number of rotatable bonds is 7. The smallest absolute Gasteiger partial charge is 0.309 e. The fourth-order valence-corrected chi connectivity index (χ4v) is 2.95. The molecule has 0 fully saturated rings. The quantitative estimate of drug-likeness (QED) is 0.701. The number of aliphatic carboxylic acids is 1. The number of carboxylic acid groups (broad SMARTS) is 1. The first-order chi connectivity index (χ1) is 12.7. The minimum absolute atomic E-state index is 0.255. The molecule has 0 bridgehead atoms. The topological polar surface area (TPSA) is 63.6 Å². The highest BCUT2D eigenvalue weighted by Crippen LogP contribution is 2.24. The van der Waals surface area contributed by atoms with Crippen LogP contribution in [0.4, 0.5) is 0 Å². The summed E-state index contributed by atoms with van der Waals surface area (Å²) in [7, 11) is 0. The third-order valence-electron chi connectivity index (χ3n) is 4.34. The van der Waals surface area contributed by atoms with Gasteiger partial charge in [0.1, 0.15) is 5.60 Å². The summed E-state index contributed by atoms with van der Waals surface area (Å²) >= 11 is 0. The van der Waals surface area contributed by atoms with Crippen LogP contribution in [0.3, 0.4) is 0 Å². The zero-order valence-corrected chi connectivity index (χ0v) is 16.4. The number of carboxylic acids is 1. The largest absolute Gasteiger partial charge is 0.481 e. The van der Waals surface area contributed by atoms with Gasteiger partial charge in [-0.25, -0.2) is 0 Å². The van der Waals surface area contributed by atoms with Crippen LogP contribution in [0, 0.1) is 11.8 Å². The van der Waals surface area contributed by atoms with E-state index in [0.29, 0.717) is 6.42 Å². The summed E-state index contributed by atoms with van der Waals surface area (Å²) in [5.41, 5.74) is 2.58. The van der Waals surface area contributed by atoms with Crippen molar-refractivity contribution in [3.8, 4) is 11.1 Å². The zero-order chi connectivity index (χ0) is 20.0. The molecule has 144 valence electrons. The highest BCUT2D eigenvalue weighted by atomic mass is 16.6. The summed E-state index contributed by atoms with van der Waals surface area (Å²) in [4.78, 5) is 23.8. The van der Waals surface area contributed by atoms with Gasteiger partial charge in [0.15, 0.2) is 0 Å². The van der Waals surface area contributed by atoms with Crippen LogP contribution in [0.25, 0.3) is 11.1 Å². The predicted molar refractivity (Wildman–Crippen MR) is 106 cm³/mol. The number of carbonyl (C=O) groups excluding carboxylic acids is 1. The van der Waals surface area contributed by atoms with Gasteiger partial charge in [-0.3, -0.25) is 9.59 Å². The van der Waals surface area contributed by atoms with Crippen molar-refractivity contribution < 1.29 is 19.4 Å². The molecule has 0 aliphatic heterocycles. The Hall–Kier alpha value is -2.62. The molecule has 0 radical (unpaired) electrons. The molecule has 1 N–H and O–H groups in total. The molecule has 27 heavy (non-hydrogen) atoms. The average Bonchev–Trinajstić information content (AvgIpc) is 2.61. The van der Waals surface area contributed by atoms with Gasteiger partial charge in [-0.1, -0.05) is 61.5 Å². The van der Waals surface area contributed by atoms with Gasteiger partial charge in [0, 0.05) is 0 Å². The van der Waals surface area contributed by atoms with E-state index < -0.39 is 23.4 Å². The number of esters is 1. The van der Waals surface area contributed by atoms with E-state index in [-0.39, 0.29) is 12.4 Å². The number of hydrogen-bond donors (Lipinski definition) is 1. The number of hydrogen-bond acceptors (Lipinski definition) is 3. The highest BCUT2D eigenvalue weighted by molar-refractivity contribution is 5.75. The molecule has 2 aromatic rings. The molecule has 0 amide bonds. The van der Waals surface area contributed by atoms with Gasteiger partial charge in [0.25, 0.3) is 0 Å². The van der Waals surface area contributed by atoms with Crippen LogP contribution in [0.5, 0.6) is 0 Å². The van der Waals surface area contributed by atoms with E-state index in [1.54, 1.807) is 27.7 Å². The lowest BCUT2D eigenvalue weighted by Crippen LogP contribution is -2.30. The van der Waals surface area contributed by atoms with E-state index in [2.05, 4.69) is 0 Å². The van der Waals surface area contributed by atoms with E-state index in [0.717, 1.165) is 16.7 Å². The van der Waals surface area contributed by atoms with Crippen LogP contribution in [-0.2, 0) is 20.7 Å². The Bertz CT molecular complexity index is 757. The normalized spacial score (nSPS) is 13.6. The van der Waals surface area contributed by atoms with Gasteiger partial charge in [0.05, 0.1) is 11.8 Å². The van der Waals surface area contributed by atoms with E-state index >= 15 is 0 Å². The lowest BCUT2D eigenvalue weighted by molar-refractivity contribution is -0.160. The van der Waals surface area contributed by atoms with Crippen molar-refractivity contribution in [2.75, 3.05) is 0 Å². The molecule has 0 aliphatic rings. The second-order valence-electron chi connectivity index (χ2n) is 7.97. The first-order valence-corrected chi connectivity index (χ1v) is 9.26. The maximum Gasteiger partial charge on any atom is 0.309 e. The van der Waals surface area contributed by atoms with Crippen LogP contribution < -0.4 is 0 Å². The van der Waals surface area contributed by atoms with Crippen LogP contribution in [0.15, 0.2) is 54.6 Å². The minimum Gasteiger partial charge on any atom is -0.481 e. The SMILES string of the molecule is C[C@H](C[C@@H](Cc1ccc(-c2ccccc2)cc1)C(=O)O)C(=O)OC(C)(C)C. The second kappa shape index (κ2) is 8.85. The average molecular weight is 368 g/mol. The van der Waals surface area contributed by atoms with Crippen molar-refractivity contribution >= 4 is 11.9 Å². The van der Waals surface area contributed by atoms with Crippen molar-refractivity contribution in [1.82, 2.24) is 0 Å². The summed E-state index contributed by atoms with van der Waals surface area (Å²) in [6.07, 6.45) is 0.641. The van der Waals surface area contributed by atoms with Gasteiger partial charge in [0.2, 0.25) is 0 Å². The Morgan fingerprint density at radius 3 is 2.04 bits per heavy atom. The van der Waals surface area contributed by atoms with Crippen molar-refractivity contribution in [3.63, 3.8) is 0 Å². The van der Waals surface area contributed by atoms with E-state index in [1.807, 2.05) is 54.6 Å². The van der Waals surface area contributed by atoms with Crippen molar-refractivity contribution in [2.45, 2.75) is 46.1 Å². The molecule has 0 aromatic heterocycles. The maximum absolute atomic E-state index is 12.2. The lowest BCUT2D eigenvalue weighted by atomic mass is 9.89. The Balaban J connectivity index is 2.03. The molecular weight excluding hydrogens is 340 g/mol. The Labute approximate surface area is 161 Å². The molecule has 0 saturated heterocycles. The van der Waals surface area contributed by atoms with Gasteiger partial charge >= 0.3 is 11.9 Å². The first kappa shape index (κ1) is 20.7. The van der Waals surface area contributed by atoms with Gasteiger partial charge in [-0.15, -0.1) is 0 Å². The maximum atomic E-state index is 12.2. The Morgan fingerprint density at radius 1 is 0.963 bits per heavy atom. The number of carbonyl (C=O) groups is 2. The Morgan fingerprint density at radius 2 is 1.52 bits per heavy atom. The zero-order valence-electron chi connectivity index (χ0n) is 16.4. The monoisotopic (exact) mass is 368 g/mol. The standard InChI is InChI=1S/C23H28O4/c1-16(22(26)27-23(2,3)4)14-20(21(24)25)15-17-10-12-19(13-11-17)18-8-6-5-7-9-18/h5-13,16,20H,14-15H2,1-4H3,(H,24,25)/t16-,20+/m1/s1. The van der Waals surface area contributed by atoms with Crippen molar-refractivity contribution in [2.24, 2.45) is 11.8 Å². The van der Waals surface area contributed by atoms with Crippen molar-refractivity contribution in [3.05, 3.63) is 60.2 Å². The molecule has 0 heterocycles. The van der Waals surface area contributed by atoms with Gasteiger partial charge in [-0.05, 0) is 50.3 Å². The number of ether oxygens (including phenoxy) is 1. The highest BCUT2D eigenvalue weighted by Gasteiger charge is 2.27. The fraction of sp³-hybridized carbons (Fsp3) is 0.391. The third kappa shape index (κ3) is 6.55. The van der Waals surface area contributed by atoms with Crippen LogP contribution in [-0.4, -0.2) is 22.6 Å². The van der Waals surface area contributed by atoms with E-state index in [9.17, 15) is 14.7 Å². The summed E-state index contributed by atoms with van der Waals surface area (Å²) in [6.45, 7) is 7.14. The van der Waals surface area contributed by atoms with Crippen LogP contribution in [0.1, 0.15) is 39.7 Å². The summed E-state index contributed by atoms with van der Waals surface area (Å²) in [6, 6.07) is 17.9. The van der Waals surface area contributed by atoms with E-state index in [4.69, 9.17) is 4.74 Å². The summed E-state index contributed by atoms with van der Waals surface area (Å²) in [5, 5.41) is 9.58. The molecule has 2 aromatic carbocycles. The molecule has 4 heteroatoms. The molecule has 0 unspecified atom stereocenters. The Kier molecular flexibility index (Phi) is 6.78. The van der Waals surface area contributed by atoms with Crippen molar-refractivity contribution in [1.29, 1.82) is 0 Å². The molecule has 0 aliphatic carbocycles. The second-order valence-corrected chi connectivity index (χ2v) is 7.97. The molecule has 0 spiro atoms. The van der Waals surface area contributed by atoms with Gasteiger partial charge < -0.3 is 9.84 Å². The summed E-state index contributed by atoms with van der Waals surface area (Å²) in [5.74, 6) is -2.34. The summed E-state index contributed by atoms with van der Waals surface area (Å²) < 4.78 is 5.36. The molecule has 2 atom stereocenters. The molecule has 4 nitrogen and oxygen atoms in total. The van der Waals surface area contributed by atoms with Gasteiger partial charge in [-0.2, -0.15) is 0 Å².